The molecule has 0 aromatic carbocycles. The Kier molecular flexibility index (Phi) is 3.39. The third-order valence-electron chi connectivity index (χ3n) is 2.28. The summed E-state index contributed by atoms with van der Waals surface area (Å²) in [6.45, 7) is 1.89. The molecule has 0 aliphatic rings. The van der Waals surface area contributed by atoms with Gasteiger partial charge in [0.1, 0.15) is 23.1 Å². The maximum atomic E-state index is 10.9. The zero-order valence-corrected chi connectivity index (χ0v) is 9.81. The molecule has 0 amide bonds. The number of anilines is 1. The molecule has 1 unspecified atom stereocenters. The molecular weight excluding hydrogens is 242 g/mol. The highest BCUT2D eigenvalue weighted by Crippen LogP contribution is 2.22. The predicted molar refractivity (Wildman–Crippen MR) is 63.2 cm³/mol. The Labute approximate surface area is 103 Å². The molecule has 0 saturated heterocycles. The molecule has 0 aliphatic heterocycles. The number of hydrogen-bond donors (Lipinski definition) is 1. The van der Waals surface area contributed by atoms with Crippen molar-refractivity contribution in [1.29, 1.82) is 0 Å². The lowest BCUT2D eigenvalue weighted by Crippen LogP contribution is -2.10. The minimum absolute atomic E-state index is 0.116. The third-order valence-corrected chi connectivity index (χ3v) is 2.58. The SMILES string of the molecule is CC(Nc1ncnc(Cl)c1C=O)c1ccco1. The smallest absolute Gasteiger partial charge is 0.156 e. The second kappa shape index (κ2) is 4.97. The molecule has 0 radical (unpaired) electrons. The van der Waals surface area contributed by atoms with Crippen LogP contribution in [0, 0.1) is 0 Å². The van der Waals surface area contributed by atoms with E-state index in [2.05, 4.69) is 15.3 Å². The Morgan fingerprint density at radius 3 is 3.00 bits per heavy atom. The van der Waals surface area contributed by atoms with Crippen LogP contribution in [0.3, 0.4) is 0 Å². The first-order chi connectivity index (χ1) is 8.22. The second-order valence-corrected chi connectivity index (χ2v) is 3.78. The normalized spacial score (nSPS) is 12.1. The summed E-state index contributed by atoms with van der Waals surface area (Å²) in [4.78, 5) is 18.6. The van der Waals surface area contributed by atoms with Gasteiger partial charge in [0, 0.05) is 0 Å². The molecule has 2 aromatic rings. The molecule has 1 atom stereocenters. The number of nitrogens with zero attached hydrogens (tertiary/aromatic N) is 2. The zero-order valence-electron chi connectivity index (χ0n) is 9.05. The van der Waals surface area contributed by atoms with Gasteiger partial charge in [0.25, 0.3) is 0 Å². The van der Waals surface area contributed by atoms with Crippen molar-refractivity contribution in [2.24, 2.45) is 0 Å². The summed E-state index contributed by atoms with van der Waals surface area (Å²) in [5.74, 6) is 1.14. The molecule has 88 valence electrons. The molecule has 0 bridgehead atoms. The molecule has 0 aliphatic carbocycles. The standard InChI is InChI=1S/C11H10ClN3O2/c1-7(9-3-2-4-17-9)15-11-8(5-16)10(12)13-6-14-11/h2-7H,1H3,(H,13,14,15). The van der Waals surface area contributed by atoms with Crippen molar-refractivity contribution in [3.63, 3.8) is 0 Å². The first kappa shape index (κ1) is 11.6. The lowest BCUT2D eigenvalue weighted by Gasteiger charge is -2.13. The number of carbonyl (C=O) groups is 1. The van der Waals surface area contributed by atoms with Crippen molar-refractivity contribution >= 4 is 23.7 Å². The summed E-state index contributed by atoms with van der Waals surface area (Å²) >= 11 is 5.79. The van der Waals surface area contributed by atoms with E-state index in [1.54, 1.807) is 12.3 Å². The molecule has 5 nitrogen and oxygen atoms in total. The topological polar surface area (TPSA) is 68.0 Å². The van der Waals surface area contributed by atoms with Crippen molar-refractivity contribution in [2.75, 3.05) is 5.32 Å². The lowest BCUT2D eigenvalue weighted by atomic mass is 10.2. The Balaban J connectivity index is 2.24. The van der Waals surface area contributed by atoms with Crippen LogP contribution in [0.25, 0.3) is 0 Å². The Bertz CT molecular complexity index is 513. The van der Waals surface area contributed by atoms with Crippen molar-refractivity contribution in [3.8, 4) is 0 Å². The molecule has 2 heterocycles. The van der Waals surface area contributed by atoms with Crippen LogP contribution < -0.4 is 5.32 Å². The first-order valence-electron chi connectivity index (χ1n) is 4.98. The molecule has 6 heteroatoms. The average molecular weight is 252 g/mol. The minimum atomic E-state index is -0.116. The number of aldehydes is 1. The van der Waals surface area contributed by atoms with Gasteiger partial charge in [-0.05, 0) is 19.1 Å². The molecule has 0 spiro atoms. The van der Waals surface area contributed by atoms with Gasteiger partial charge in [-0.1, -0.05) is 11.6 Å². The summed E-state index contributed by atoms with van der Waals surface area (Å²) < 4.78 is 5.24. The van der Waals surface area contributed by atoms with Crippen LogP contribution in [0.2, 0.25) is 5.15 Å². The third kappa shape index (κ3) is 2.45. The number of furan rings is 1. The highest BCUT2D eigenvalue weighted by molar-refractivity contribution is 6.32. The largest absolute Gasteiger partial charge is 0.467 e. The van der Waals surface area contributed by atoms with E-state index in [9.17, 15) is 4.79 Å². The quantitative estimate of drug-likeness (QED) is 0.668. The number of nitrogens with one attached hydrogen (secondary N) is 1. The van der Waals surface area contributed by atoms with Crippen LogP contribution in [0.5, 0.6) is 0 Å². The average Bonchev–Trinajstić information content (AvgIpc) is 2.82. The van der Waals surface area contributed by atoms with Crippen LogP contribution in [-0.4, -0.2) is 16.3 Å². The molecule has 0 saturated carbocycles. The van der Waals surface area contributed by atoms with E-state index in [1.165, 1.54) is 6.33 Å². The number of rotatable bonds is 4. The summed E-state index contributed by atoms with van der Waals surface area (Å²) in [5.41, 5.74) is 0.243. The zero-order chi connectivity index (χ0) is 12.3. The highest BCUT2D eigenvalue weighted by atomic mass is 35.5. The van der Waals surface area contributed by atoms with E-state index in [0.717, 1.165) is 5.76 Å². The van der Waals surface area contributed by atoms with Gasteiger partial charge in [-0.2, -0.15) is 0 Å². The Morgan fingerprint density at radius 1 is 1.53 bits per heavy atom. The van der Waals surface area contributed by atoms with E-state index in [4.69, 9.17) is 16.0 Å². The molecule has 2 aromatic heterocycles. The first-order valence-corrected chi connectivity index (χ1v) is 5.35. The number of aromatic nitrogens is 2. The van der Waals surface area contributed by atoms with E-state index in [-0.39, 0.29) is 16.8 Å². The van der Waals surface area contributed by atoms with Crippen molar-refractivity contribution < 1.29 is 9.21 Å². The van der Waals surface area contributed by atoms with E-state index < -0.39 is 0 Å². The maximum absolute atomic E-state index is 10.9. The molecule has 2 rings (SSSR count). The fourth-order valence-electron chi connectivity index (χ4n) is 1.41. The van der Waals surface area contributed by atoms with Crippen LogP contribution >= 0.6 is 11.6 Å². The van der Waals surface area contributed by atoms with Crippen molar-refractivity contribution in [1.82, 2.24) is 9.97 Å². The minimum Gasteiger partial charge on any atom is -0.467 e. The van der Waals surface area contributed by atoms with Crippen LogP contribution in [0.4, 0.5) is 5.82 Å². The maximum Gasteiger partial charge on any atom is 0.156 e. The monoisotopic (exact) mass is 251 g/mol. The van der Waals surface area contributed by atoms with Gasteiger partial charge in [-0.25, -0.2) is 9.97 Å². The Hall–Kier alpha value is -1.88. The number of halogens is 1. The van der Waals surface area contributed by atoms with E-state index in [1.807, 2.05) is 13.0 Å². The fourth-order valence-corrected chi connectivity index (χ4v) is 1.59. The van der Waals surface area contributed by atoms with Crippen molar-refractivity contribution in [2.45, 2.75) is 13.0 Å². The fraction of sp³-hybridized carbons (Fsp3) is 0.182. The van der Waals surface area contributed by atoms with Crippen LogP contribution in [0.15, 0.2) is 29.1 Å². The van der Waals surface area contributed by atoms with Crippen molar-refractivity contribution in [3.05, 3.63) is 41.2 Å². The Morgan fingerprint density at radius 2 is 2.35 bits per heavy atom. The predicted octanol–water partition coefficient (Wildman–Crippen LogP) is 2.71. The second-order valence-electron chi connectivity index (χ2n) is 3.43. The van der Waals surface area contributed by atoms with Gasteiger partial charge in [-0.3, -0.25) is 4.79 Å². The van der Waals surface area contributed by atoms with E-state index >= 15 is 0 Å². The van der Waals surface area contributed by atoms with Gasteiger partial charge >= 0.3 is 0 Å². The highest BCUT2D eigenvalue weighted by Gasteiger charge is 2.13. The van der Waals surface area contributed by atoms with Gasteiger partial charge in [0.15, 0.2) is 6.29 Å². The van der Waals surface area contributed by atoms with Gasteiger partial charge < -0.3 is 9.73 Å². The van der Waals surface area contributed by atoms with Gasteiger partial charge in [0.05, 0.1) is 17.9 Å². The summed E-state index contributed by atoms with van der Waals surface area (Å²) in [5, 5.41) is 3.17. The molecule has 1 N–H and O–H groups in total. The number of carbonyl (C=O) groups excluding carboxylic acids is 1. The summed E-state index contributed by atoms with van der Waals surface area (Å²) in [6.07, 6.45) is 3.51. The van der Waals surface area contributed by atoms with E-state index in [0.29, 0.717) is 12.1 Å². The molecular formula is C11H10ClN3O2. The van der Waals surface area contributed by atoms with Gasteiger partial charge in [0.2, 0.25) is 0 Å². The van der Waals surface area contributed by atoms with Crippen LogP contribution in [0.1, 0.15) is 29.1 Å². The summed E-state index contributed by atoms with van der Waals surface area (Å²) in [6, 6.07) is 3.51. The molecule has 0 fully saturated rings. The van der Waals surface area contributed by atoms with Gasteiger partial charge in [-0.15, -0.1) is 0 Å². The number of hydrogen-bond acceptors (Lipinski definition) is 5. The lowest BCUT2D eigenvalue weighted by molar-refractivity contribution is 0.112. The van der Waals surface area contributed by atoms with Crippen LogP contribution in [-0.2, 0) is 0 Å². The molecule has 17 heavy (non-hydrogen) atoms. The summed E-state index contributed by atoms with van der Waals surface area (Å²) in [7, 11) is 0.